The maximum Gasteiger partial charge on any atom is 0.166 e. The average molecular weight is 310 g/mol. The Hall–Kier alpha value is -1.49. The molecule has 5 heteroatoms. The highest BCUT2D eigenvalue weighted by atomic mass is 32.1. The minimum Gasteiger partial charge on any atom is -0.504 e. The Labute approximate surface area is 132 Å². The quantitative estimate of drug-likeness (QED) is 0.508. The fourth-order valence-corrected chi connectivity index (χ4v) is 2.93. The largest absolute Gasteiger partial charge is 0.504 e. The number of hydrogen-bond donors (Lipinski definition) is 4. The zero-order valence-electron chi connectivity index (χ0n) is 13.4. The maximum absolute atomic E-state index is 9.45. The highest BCUT2D eigenvalue weighted by Gasteiger charge is 2.25. The van der Waals surface area contributed by atoms with Gasteiger partial charge in [-0.15, -0.1) is 0 Å². The van der Waals surface area contributed by atoms with Gasteiger partial charge < -0.3 is 20.8 Å². The Kier molecular flexibility index (Phi) is 5.45. The van der Waals surface area contributed by atoms with Crippen LogP contribution in [0.15, 0.2) is 18.2 Å². The summed E-state index contributed by atoms with van der Waals surface area (Å²) in [5.41, 5.74) is 0.969. The van der Waals surface area contributed by atoms with Crippen molar-refractivity contribution in [3.63, 3.8) is 0 Å². The zero-order chi connectivity index (χ0) is 16.3. The van der Waals surface area contributed by atoms with E-state index in [1.165, 1.54) is 12.1 Å². The Balaban J connectivity index is 2.52. The Morgan fingerprint density at radius 1 is 1.10 bits per heavy atom. The number of phenolic OH excluding ortho intramolecular Hbond substituents is 2. The zero-order valence-corrected chi connectivity index (χ0v) is 14.3. The van der Waals surface area contributed by atoms with E-state index >= 15 is 0 Å². The monoisotopic (exact) mass is 310 g/mol. The Bertz CT molecular complexity index is 507. The summed E-state index contributed by atoms with van der Waals surface area (Å²) in [6.07, 6.45) is 0.988. The van der Waals surface area contributed by atoms with E-state index < -0.39 is 0 Å². The molecule has 0 radical (unpaired) electrons. The topological polar surface area (TPSA) is 64.5 Å². The SMILES string of the molecule is CC(C)(C)CC(C)(C)NC(=S)NCc1ccc(O)c(O)c1. The summed E-state index contributed by atoms with van der Waals surface area (Å²) < 4.78 is 0. The summed E-state index contributed by atoms with van der Waals surface area (Å²) in [5, 5.41) is 25.7. The molecule has 0 atom stereocenters. The first kappa shape index (κ1) is 17.6. The van der Waals surface area contributed by atoms with E-state index in [1.807, 2.05) is 0 Å². The molecule has 1 aromatic carbocycles. The smallest absolute Gasteiger partial charge is 0.166 e. The van der Waals surface area contributed by atoms with E-state index in [0.717, 1.165) is 12.0 Å². The lowest BCUT2D eigenvalue weighted by Gasteiger charge is -2.34. The lowest BCUT2D eigenvalue weighted by atomic mass is 9.82. The van der Waals surface area contributed by atoms with Gasteiger partial charge in [-0.05, 0) is 55.6 Å². The molecule has 0 aliphatic carbocycles. The van der Waals surface area contributed by atoms with Crippen molar-refractivity contribution in [3.05, 3.63) is 23.8 Å². The van der Waals surface area contributed by atoms with Crippen molar-refractivity contribution in [3.8, 4) is 11.5 Å². The standard InChI is InChI=1S/C16H26N2O2S/c1-15(2,3)10-16(4,5)18-14(21)17-9-11-6-7-12(19)13(20)8-11/h6-8,19-20H,9-10H2,1-5H3,(H2,17,18,21). The van der Waals surface area contributed by atoms with Crippen molar-refractivity contribution in [2.24, 2.45) is 5.41 Å². The van der Waals surface area contributed by atoms with Gasteiger partial charge in [0.25, 0.3) is 0 Å². The van der Waals surface area contributed by atoms with Crippen LogP contribution in [0.3, 0.4) is 0 Å². The molecule has 0 saturated heterocycles. The first-order valence-corrected chi connectivity index (χ1v) is 7.46. The highest BCUT2D eigenvalue weighted by Crippen LogP contribution is 2.27. The number of rotatable bonds is 4. The van der Waals surface area contributed by atoms with Crippen LogP contribution in [0.25, 0.3) is 0 Å². The third kappa shape index (κ3) is 6.67. The molecule has 4 N–H and O–H groups in total. The van der Waals surface area contributed by atoms with Crippen molar-refractivity contribution in [1.82, 2.24) is 10.6 Å². The molecule has 0 spiro atoms. The lowest BCUT2D eigenvalue weighted by molar-refractivity contribution is 0.266. The van der Waals surface area contributed by atoms with E-state index in [2.05, 4.69) is 45.3 Å². The van der Waals surface area contributed by atoms with Crippen LogP contribution in [0.5, 0.6) is 11.5 Å². The number of phenols is 2. The first-order valence-electron chi connectivity index (χ1n) is 7.05. The summed E-state index contributed by atoms with van der Waals surface area (Å²) >= 11 is 5.31. The van der Waals surface area contributed by atoms with E-state index in [0.29, 0.717) is 11.7 Å². The third-order valence-corrected chi connectivity index (χ3v) is 3.16. The number of thiocarbonyl (C=S) groups is 1. The maximum atomic E-state index is 9.45. The molecule has 0 saturated carbocycles. The van der Waals surface area contributed by atoms with Gasteiger partial charge in [-0.1, -0.05) is 26.8 Å². The van der Waals surface area contributed by atoms with Gasteiger partial charge in [0.05, 0.1) is 0 Å². The second kappa shape index (κ2) is 6.52. The van der Waals surface area contributed by atoms with Gasteiger partial charge in [-0.25, -0.2) is 0 Å². The minimum absolute atomic E-state index is 0.0978. The molecule has 0 bridgehead atoms. The van der Waals surface area contributed by atoms with Gasteiger partial charge in [0, 0.05) is 12.1 Å². The molecule has 0 aliphatic rings. The van der Waals surface area contributed by atoms with Crippen LogP contribution in [0, 0.1) is 5.41 Å². The van der Waals surface area contributed by atoms with E-state index in [4.69, 9.17) is 12.2 Å². The van der Waals surface area contributed by atoms with Crippen molar-refractivity contribution >= 4 is 17.3 Å². The van der Waals surface area contributed by atoms with Crippen LogP contribution in [-0.2, 0) is 6.54 Å². The summed E-state index contributed by atoms with van der Waals surface area (Å²) in [7, 11) is 0. The van der Waals surface area contributed by atoms with Gasteiger partial charge in [-0.2, -0.15) is 0 Å². The number of aromatic hydroxyl groups is 2. The molecular formula is C16H26N2O2S. The summed E-state index contributed by atoms with van der Waals surface area (Å²) in [6, 6.07) is 4.72. The van der Waals surface area contributed by atoms with Crippen LogP contribution in [0.2, 0.25) is 0 Å². The van der Waals surface area contributed by atoms with Crippen molar-refractivity contribution in [2.45, 2.75) is 53.1 Å². The third-order valence-electron chi connectivity index (χ3n) is 2.92. The normalized spacial score (nSPS) is 12.0. The summed E-state index contributed by atoms with van der Waals surface area (Å²) in [6.45, 7) is 11.3. The average Bonchev–Trinajstić information content (AvgIpc) is 2.26. The van der Waals surface area contributed by atoms with Crippen LogP contribution in [-0.4, -0.2) is 20.9 Å². The van der Waals surface area contributed by atoms with Gasteiger partial charge in [-0.3, -0.25) is 0 Å². The Morgan fingerprint density at radius 3 is 2.24 bits per heavy atom. The van der Waals surface area contributed by atoms with E-state index in [-0.39, 0.29) is 22.5 Å². The molecule has 1 rings (SSSR count). The predicted octanol–water partition coefficient (Wildman–Crippen LogP) is 3.28. The van der Waals surface area contributed by atoms with Crippen LogP contribution in [0.4, 0.5) is 0 Å². The summed E-state index contributed by atoms with van der Waals surface area (Å²) in [5.74, 6) is -0.244. The van der Waals surface area contributed by atoms with E-state index in [9.17, 15) is 10.2 Å². The lowest BCUT2D eigenvalue weighted by Crippen LogP contribution is -2.49. The first-order chi connectivity index (χ1) is 9.48. The summed E-state index contributed by atoms with van der Waals surface area (Å²) in [4.78, 5) is 0. The molecule has 0 aliphatic heterocycles. The van der Waals surface area contributed by atoms with Crippen molar-refractivity contribution in [1.29, 1.82) is 0 Å². The van der Waals surface area contributed by atoms with Crippen molar-refractivity contribution in [2.75, 3.05) is 0 Å². The van der Waals surface area contributed by atoms with Gasteiger partial charge >= 0.3 is 0 Å². The van der Waals surface area contributed by atoms with Gasteiger partial charge in [0.15, 0.2) is 16.6 Å². The second-order valence-corrected chi connectivity index (χ2v) is 7.66. The molecule has 21 heavy (non-hydrogen) atoms. The van der Waals surface area contributed by atoms with Crippen LogP contribution >= 0.6 is 12.2 Å². The molecular weight excluding hydrogens is 284 g/mol. The molecule has 4 nitrogen and oxygen atoms in total. The van der Waals surface area contributed by atoms with Gasteiger partial charge in [0.1, 0.15) is 0 Å². The van der Waals surface area contributed by atoms with Crippen LogP contribution < -0.4 is 10.6 Å². The number of hydrogen-bond acceptors (Lipinski definition) is 3. The molecule has 0 amide bonds. The predicted molar refractivity (Wildman–Crippen MR) is 90.5 cm³/mol. The fraction of sp³-hybridized carbons (Fsp3) is 0.562. The minimum atomic E-state index is -0.124. The number of nitrogens with one attached hydrogen (secondary N) is 2. The van der Waals surface area contributed by atoms with Crippen molar-refractivity contribution < 1.29 is 10.2 Å². The van der Waals surface area contributed by atoms with Crippen LogP contribution in [0.1, 0.15) is 46.6 Å². The molecule has 0 fully saturated rings. The molecule has 118 valence electrons. The molecule has 0 unspecified atom stereocenters. The van der Waals surface area contributed by atoms with Gasteiger partial charge in [0.2, 0.25) is 0 Å². The molecule has 0 aromatic heterocycles. The van der Waals surface area contributed by atoms with E-state index in [1.54, 1.807) is 6.07 Å². The molecule has 1 aromatic rings. The fourth-order valence-electron chi connectivity index (χ4n) is 2.58. The number of benzene rings is 1. The second-order valence-electron chi connectivity index (χ2n) is 7.25. The highest BCUT2D eigenvalue weighted by molar-refractivity contribution is 7.80. The Morgan fingerprint density at radius 2 is 1.71 bits per heavy atom. The molecule has 0 heterocycles.